The Balaban J connectivity index is 1.61. The zero-order valence-electron chi connectivity index (χ0n) is 13.0. The summed E-state index contributed by atoms with van der Waals surface area (Å²) in [5.74, 6) is 1.74. The minimum absolute atomic E-state index is 0.0509. The summed E-state index contributed by atoms with van der Waals surface area (Å²) in [4.78, 5) is 17.9. The first-order valence-electron chi connectivity index (χ1n) is 7.47. The number of nitrogens with zero attached hydrogens (tertiary/aromatic N) is 3. The van der Waals surface area contributed by atoms with E-state index >= 15 is 0 Å². The summed E-state index contributed by atoms with van der Waals surface area (Å²) < 4.78 is 12.2. The van der Waals surface area contributed by atoms with Gasteiger partial charge >= 0.3 is 0 Å². The van der Waals surface area contributed by atoms with Gasteiger partial charge in [0.25, 0.3) is 5.56 Å². The minimum atomic E-state index is -0.0509. The van der Waals surface area contributed by atoms with Crippen molar-refractivity contribution in [3.8, 4) is 11.5 Å². The molecule has 4 heterocycles. The second kappa shape index (κ2) is 6.73. The first-order valence-corrected chi connectivity index (χ1v) is 9.34. The molecule has 0 unspecified atom stereocenters. The normalized spacial score (nSPS) is 11.2. The Labute approximate surface area is 150 Å². The van der Waals surface area contributed by atoms with Crippen molar-refractivity contribution in [1.29, 1.82) is 0 Å². The van der Waals surface area contributed by atoms with Crippen LogP contribution in [-0.4, -0.2) is 14.7 Å². The van der Waals surface area contributed by atoms with Crippen LogP contribution in [0.15, 0.2) is 67.5 Å². The van der Waals surface area contributed by atoms with Gasteiger partial charge in [-0.2, -0.15) is 0 Å². The lowest BCUT2D eigenvalue weighted by Crippen LogP contribution is -2.22. The van der Waals surface area contributed by atoms with Gasteiger partial charge in [-0.1, -0.05) is 23.0 Å². The molecule has 126 valence electrons. The number of furan rings is 1. The zero-order valence-corrected chi connectivity index (χ0v) is 14.7. The SMILES string of the molecule is C=CCn1c(SCc2cc(-c3ccco3)on2)nc2sccc2c1=O. The Morgan fingerprint density at radius 1 is 1.36 bits per heavy atom. The number of rotatable bonds is 6. The van der Waals surface area contributed by atoms with Crippen molar-refractivity contribution in [2.24, 2.45) is 0 Å². The predicted molar refractivity (Wildman–Crippen MR) is 97.8 cm³/mol. The summed E-state index contributed by atoms with van der Waals surface area (Å²) in [6.45, 7) is 4.14. The molecular formula is C17H13N3O3S2. The van der Waals surface area contributed by atoms with Gasteiger partial charge in [0.1, 0.15) is 4.83 Å². The lowest BCUT2D eigenvalue weighted by Gasteiger charge is -2.08. The second-order valence-corrected chi connectivity index (χ2v) is 7.02. The van der Waals surface area contributed by atoms with E-state index in [9.17, 15) is 4.79 Å². The van der Waals surface area contributed by atoms with Crippen LogP contribution in [0, 0.1) is 0 Å². The molecule has 0 aliphatic carbocycles. The summed E-state index contributed by atoms with van der Waals surface area (Å²) in [6, 6.07) is 7.23. The summed E-state index contributed by atoms with van der Waals surface area (Å²) >= 11 is 2.90. The molecule has 0 bridgehead atoms. The number of fused-ring (bicyclic) bond motifs is 1. The number of aromatic nitrogens is 3. The van der Waals surface area contributed by atoms with E-state index in [0.717, 1.165) is 10.5 Å². The first-order chi connectivity index (χ1) is 12.3. The number of thioether (sulfide) groups is 1. The van der Waals surface area contributed by atoms with Crippen LogP contribution >= 0.6 is 23.1 Å². The number of thiophene rings is 1. The second-order valence-electron chi connectivity index (χ2n) is 5.19. The van der Waals surface area contributed by atoms with Gasteiger partial charge in [-0.25, -0.2) is 4.98 Å². The molecule has 0 aromatic carbocycles. The maximum atomic E-state index is 12.6. The molecule has 8 heteroatoms. The van der Waals surface area contributed by atoms with E-state index in [-0.39, 0.29) is 5.56 Å². The van der Waals surface area contributed by atoms with Gasteiger partial charge in [0.15, 0.2) is 10.9 Å². The Hall–Kier alpha value is -2.58. The number of allylic oxidation sites excluding steroid dienone is 1. The molecule has 0 spiro atoms. The van der Waals surface area contributed by atoms with E-state index in [1.165, 1.54) is 23.1 Å². The fraction of sp³-hybridized carbons (Fsp3) is 0.118. The largest absolute Gasteiger partial charge is 0.461 e. The Morgan fingerprint density at radius 3 is 3.08 bits per heavy atom. The molecule has 0 atom stereocenters. The quantitative estimate of drug-likeness (QED) is 0.287. The highest BCUT2D eigenvalue weighted by Gasteiger charge is 2.14. The Bertz CT molecular complexity index is 1080. The van der Waals surface area contributed by atoms with Gasteiger partial charge in [-0.15, -0.1) is 17.9 Å². The lowest BCUT2D eigenvalue weighted by molar-refractivity contribution is 0.413. The highest BCUT2D eigenvalue weighted by Crippen LogP contribution is 2.26. The van der Waals surface area contributed by atoms with Crippen molar-refractivity contribution in [3.63, 3.8) is 0 Å². The van der Waals surface area contributed by atoms with E-state index in [2.05, 4.69) is 16.7 Å². The third kappa shape index (κ3) is 3.06. The van der Waals surface area contributed by atoms with Crippen LogP contribution in [0.2, 0.25) is 0 Å². The maximum Gasteiger partial charge on any atom is 0.263 e. The molecule has 0 fully saturated rings. The van der Waals surface area contributed by atoms with E-state index < -0.39 is 0 Å². The third-order valence-corrected chi connectivity index (χ3v) is 5.35. The minimum Gasteiger partial charge on any atom is -0.461 e. The monoisotopic (exact) mass is 371 g/mol. The molecule has 4 aromatic rings. The average Bonchev–Trinajstić information content (AvgIpc) is 3.36. The van der Waals surface area contributed by atoms with Crippen LogP contribution in [0.1, 0.15) is 5.69 Å². The topological polar surface area (TPSA) is 74.1 Å². The zero-order chi connectivity index (χ0) is 17.2. The first kappa shape index (κ1) is 15.9. The molecule has 0 aliphatic heterocycles. The summed E-state index contributed by atoms with van der Waals surface area (Å²) in [7, 11) is 0. The highest BCUT2D eigenvalue weighted by molar-refractivity contribution is 7.98. The van der Waals surface area contributed by atoms with Crippen molar-refractivity contribution in [3.05, 3.63) is 64.6 Å². The van der Waals surface area contributed by atoms with Crippen molar-refractivity contribution >= 4 is 33.3 Å². The van der Waals surface area contributed by atoms with Crippen LogP contribution in [-0.2, 0) is 12.3 Å². The molecule has 0 N–H and O–H groups in total. The van der Waals surface area contributed by atoms with E-state index in [0.29, 0.717) is 34.4 Å². The smallest absolute Gasteiger partial charge is 0.263 e. The number of hydrogen-bond acceptors (Lipinski definition) is 7. The molecule has 4 rings (SSSR count). The van der Waals surface area contributed by atoms with E-state index in [4.69, 9.17) is 8.94 Å². The number of hydrogen-bond donors (Lipinski definition) is 0. The molecule has 0 amide bonds. The lowest BCUT2D eigenvalue weighted by atomic mass is 10.3. The molecule has 0 saturated carbocycles. The Kier molecular flexibility index (Phi) is 4.29. The van der Waals surface area contributed by atoms with E-state index in [1.807, 2.05) is 17.5 Å². The predicted octanol–water partition coefficient (Wildman–Crippen LogP) is 4.18. The van der Waals surface area contributed by atoms with Crippen LogP contribution in [0.5, 0.6) is 0 Å². The fourth-order valence-electron chi connectivity index (χ4n) is 2.38. The standard InChI is InChI=1S/C17H13N3O3S2/c1-2-6-20-16(21)12-5-8-24-15(12)18-17(20)25-10-11-9-14(23-19-11)13-4-3-7-22-13/h2-5,7-9H,1,6,10H2. The summed E-state index contributed by atoms with van der Waals surface area (Å²) in [5.41, 5.74) is 0.701. The highest BCUT2D eigenvalue weighted by atomic mass is 32.2. The summed E-state index contributed by atoms with van der Waals surface area (Å²) in [5, 5.41) is 7.20. The molecule has 25 heavy (non-hydrogen) atoms. The van der Waals surface area contributed by atoms with Crippen molar-refractivity contribution < 1.29 is 8.94 Å². The van der Waals surface area contributed by atoms with E-state index in [1.54, 1.807) is 29.0 Å². The average molecular weight is 371 g/mol. The molecule has 0 saturated heterocycles. The van der Waals surface area contributed by atoms with Gasteiger partial charge in [0.05, 0.1) is 17.3 Å². The van der Waals surface area contributed by atoms with Gasteiger partial charge in [-0.05, 0) is 23.6 Å². The van der Waals surface area contributed by atoms with Crippen LogP contribution in [0.3, 0.4) is 0 Å². The Morgan fingerprint density at radius 2 is 2.28 bits per heavy atom. The molecule has 0 radical (unpaired) electrons. The van der Waals surface area contributed by atoms with Gasteiger partial charge < -0.3 is 8.94 Å². The fourth-order valence-corrected chi connectivity index (χ4v) is 4.08. The van der Waals surface area contributed by atoms with Crippen molar-refractivity contribution in [2.45, 2.75) is 17.5 Å². The summed E-state index contributed by atoms with van der Waals surface area (Å²) in [6.07, 6.45) is 3.27. The van der Waals surface area contributed by atoms with Gasteiger partial charge in [-0.3, -0.25) is 9.36 Å². The van der Waals surface area contributed by atoms with Crippen LogP contribution in [0.4, 0.5) is 0 Å². The van der Waals surface area contributed by atoms with Crippen LogP contribution < -0.4 is 5.56 Å². The maximum absolute atomic E-state index is 12.6. The van der Waals surface area contributed by atoms with Crippen LogP contribution in [0.25, 0.3) is 21.7 Å². The molecular weight excluding hydrogens is 358 g/mol. The third-order valence-electron chi connectivity index (χ3n) is 3.53. The van der Waals surface area contributed by atoms with Crippen molar-refractivity contribution in [1.82, 2.24) is 14.7 Å². The molecule has 4 aromatic heterocycles. The molecule has 0 aliphatic rings. The van der Waals surface area contributed by atoms with Gasteiger partial charge in [0, 0.05) is 18.4 Å². The van der Waals surface area contributed by atoms with Crippen molar-refractivity contribution in [2.75, 3.05) is 0 Å². The van der Waals surface area contributed by atoms with Gasteiger partial charge in [0.2, 0.25) is 5.76 Å². The molecule has 6 nitrogen and oxygen atoms in total.